The van der Waals surface area contributed by atoms with E-state index in [4.69, 9.17) is 4.74 Å². The molecule has 1 aromatic carbocycles. The summed E-state index contributed by atoms with van der Waals surface area (Å²) in [4.78, 5) is 14.2. The van der Waals surface area contributed by atoms with Crippen molar-refractivity contribution in [1.29, 1.82) is 0 Å². The highest BCUT2D eigenvalue weighted by Crippen LogP contribution is 2.19. The molecule has 0 spiro atoms. The van der Waals surface area contributed by atoms with Crippen LogP contribution in [-0.2, 0) is 9.53 Å². The Labute approximate surface area is 119 Å². The first kappa shape index (κ1) is 13.4. The monoisotopic (exact) mass is 271 g/mol. The van der Waals surface area contributed by atoms with Crippen LogP contribution in [0.3, 0.4) is 0 Å². The third-order valence-electron chi connectivity index (χ3n) is 4.16. The number of ether oxygens (including phenoxy) is 1. The first-order chi connectivity index (χ1) is 9.78. The number of piperidine rings is 1. The van der Waals surface area contributed by atoms with Gasteiger partial charge in [0.2, 0.25) is 0 Å². The van der Waals surface area contributed by atoms with E-state index in [2.05, 4.69) is 35.2 Å². The van der Waals surface area contributed by atoms with Crippen LogP contribution in [0.1, 0.15) is 19.8 Å². The van der Waals surface area contributed by atoms with Crippen LogP contribution in [0.25, 0.3) is 11.6 Å². The summed E-state index contributed by atoms with van der Waals surface area (Å²) in [6.45, 7) is 5.21. The molecule has 1 unspecified atom stereocenters. The molecule has 20 heavy (non-hydrogen) atoms. The Bertz CT molecular complexity index is 620. The van der Waals surface area contributed by atoms with Crippen LogP contribution in [0.15, 0.2) is 24.3 Å². The minimum Gasteiger partial charge on any atom is -0.466 e. The largest absolute Gasteiger partial charge is 0.466 e. The first-order valence-electron chi connectivity index (χ1n) is 7.47. The van der Waals surface area contributed by atoms with Gasteiger partial charge in [0.15, 0.2) is 0 Å². The Morgan fingerprint density at radius 2 is 2.25 bits per heavy atom. The molecule has 0 amide bonds. The minimum absolute atomic E-state index is 0.0276. The molecule has 1 aliphatic carbocycles. The van der Waals surface area contributed by atoms with Gasteiger partial charge in [-0.25, -0.2) is 0 Å². The summed E-state index contributed by atoms with van der Waals surface area (Å²) in [5, 5.41) is 2.70. The number of benzene rings is 1. The van der Waals surface area contributed by atoms with Crippen molar-refractivity contribution in [2.45, 2.75) is 19.8 Å². The maximum atomic E-state index is 11.8. The predicted octanol–water partition coefficient (Wildman–Crippen LogP) is 0.906. The van der Waals surface area contributed by atoms with Gasteiger partial charge >= 0.3 is 5.97 Å². The molecule has 3 nitrogen and oxygen atoms in total. The number of hydrogen-bond acceptors (Lipinski definition) is 3. The van der Waals surface area contributed by atoms with Gasteiger partial charge in [0.1, 0.15) is 0 Å². The Kier molecular flexibility index (Phi) is 3.88. The van der Waals surface area contributed by atoms with E-state index in [0.717, 1.165) is 32.5 Å². The van der Waals surface area contributed by atoms with Crippen LogP contribution >= 0.6 is 0 Å². The maximum Gasteiger partial charge on any atom is 0.310 e. The molecule has 3 heteroatoms. The highest BCUT2D eigenvalue weighted by Gasteiger charge is 2.27. The zero-order valence-electron chi connectivity index (χ0n) is 12.0. The van der Waals surface area contributed by atoms with Crippen LogP contribution in [-0.4, -0.2) is 37.1 Å². The van der Waals surface area contributed by atoms with Gasteiger partial charge in [0.05, 0.1) is 12.5 Å². The molecule has 0 saturated carbocycles. The van der Waals surface area contributed by atoms with Gasteiger partial charge in [-0.2, -0.15) is 0 Å². The molecule has 1 fully saturated rings. The summed E-state index contributed by atoms with van der Waals surface area (Å²) in [6, 6.07) is 8.49. The quantitative estimate of drug-likeness (QED) is 0.762. The van der Waals surface area contributed by atoms with Gasteiger partial charge in [0.25, 0.3) is 0 Å². The summed E-state index contributed by atoms with van der Waals surface area (Å²) in [7, 11) is 0. The van der Waals surface area contributed by atoms with Gasteiger partial charge in [-0.1, -0.05) is 24.3 Å². The summed E-state index contributed by atoms with van der Waals surface area (Å²) in [6.07, 6.45) is 4.30. The molecule has 1 atom stereocenters. The fourth-order valence-electron chi connectivity index (χ4n) is 3.13. The number of fused-ring (bicyclic) bond motifs is 1. The van der Waals surface area contributed by atoms with Crippen molar-refractivity contribution in [2.75, 3.05) is 26.2 Å². The van der Waals surface area contributed by atoms with Crippen molar-refractivity contribution in [3.63, 3.8) is 0 Å². The summed E-state index contributed by atoms with van der Waals surface area (Å²) < 4.78 is 5.15. The van der Waals surface area contributed by atoms with Crippen LogP contribution in [0.2, 0.25) is 0 Å². The minimum atomic E-state index is -0.0276. The molecule has 1 heterocycles. The topological polar surface area (TPSA) is 29.5 Å². The van der Waals surface area contributed by atoms with E-state index in [1.165, 1.54) is 16.0 Å². The van der Waals surface area contributed by atoms with Crippen LogP contribution in [0.4, 0.5) is 0 Å². The molecule has 106 valence electrons. The predicted molar refractivity (Wildman–Crippen MR) is 79.4 cm³/mol. The standard InChI is InChI=1S/C17H21NO2/c1-2-20-17(19)14-7-5-9-18(11-14)12-15-10-13-6-3-4-8-16(13)15/h3-4,6,8,10,14H,2,5,7,9,11-12H2,1H3. The summed E-state index contributed by atoms with van der Waals surface area (Å²) in [5.41, 5.74) is 1.39. The number of esters is 1. The number of nitrogens with zero attached hydrogens (tertiary/aromatic N) is 1. The zero-order valence-corrected chi connectivity index (χ0v) is 12.0. The lowest BCUT2D eigenvalue weighted by atomic mass is 9.95. The fourth-order valence-corrected chi connectivity index (χ4v) is 3.13. The average Bonchev–Trinajstić information content (AvgIpc) is 2.45. The number of hydrogen-bond donors (Lipinski definition) is 0. The zero-order chi connectivity index (χ0) is 13.9. The van der Waals surface area contributed by atoms with Gasteiger partial charge in [-0.05, 0) is 48.4 Å². The highest BCUT2D eigenvalue weighted by molar-refractivity contribution is 5.83. The lowest BCUT2D eigenvalue weighted by Gasteiger charge is -2.32. The fraction of sp³-hybridized carbons (Fsp3) is 0.471. The van der Waals surface area contributed by atoms with E-state index < -0.39 is 0 Å². The Morgan fingerprint density at radius 1 is 1.40 bits per heavy atom. The van der Waals surface area contributed by atoms with Crippen LogP contribution in [0.5, 0.6) is 0 Å². The van der Waals surface area contributed by atoms with Crippen molar-refractivity contribution in [2.24, 2.45) is 5.92 Å². The second kappa shape index (κ2) is 5.80. The number of carbonyl (C=O) groups is 1. The molecule has 0 N–H and O–H groups in total. The van der Waals surface area contributed by atoms with Crippen molar-refractivity contribution < 1.29 is 9.53 Å². The second-order valence-electron chi connectivity index (χ2n) is 5.58. The van der Waals surface area contributed by atoms with Crippen LogP contribution in [0, 0.1) is 5.92 Å². The molecular formula is C17H21NO2. The smallest absolute Gasteiger partial charge is 0.310 e. The highest BCUT2D eigenvalue weighted by atomic mass is 16.5. The van der Waals surface area contributed by atoms with Crippen LogP contribution < -0.4 is 10.4 Å². The van der Waals surface area contributed by atoms with E-state index in [1.807, 2.05) is 6.92 Å². The van der Waals surface area contributed by atoms with Gasteiger partial charge in [-0.15, -0.1) is 0 Å². The van der Waals surface area contributed by atoms with Crippen molar-refractivity contribution >= 4 is 17.6 Å². The molecular weight excluding hydrogens is 250 g/mol. The molecule has 0 bridgehead atoms. The van der Waals surface area contributed by atoms with Gasteiger partial charge in [-0.3, -0.25) is 9.69 Å². The third-order valence-corrected chi connectivity index (χ3v) is 4.16. The van der Waals surface area contributed by atoms with E-state index in [0.29, 0.717) is 6.61 Å². The summed E-state index contributed by atoms with van der Waals surface area (Å²) >= 11 is 0. The van der Waals surface area contributed by atoms with E-state index in [1.54, 1.807) is 0 Å². The average molecular weight is 271 g/mol. The maximum absolute atomic E-state index is 11.8. The molecule has 1 saturated heterocycles. The molecule has 0 radical (unpaired) electrons. The van der Waals surface area contributed by atoms with Crippen molar-refractivity contribution in [3.8, 4) is 0 Å². The molecule has 0 aromatic heterocycles. The number of likely N-dealkylation sites (tertiary alicyclic amines) is 1. The summed E-state index contributed by atoms with van der Waals surface area (Å²) in [5.74, 6) is 0.0276. The Morgan fingerprint density at radius 3 is 3.05 bits per heavy atom. The lowest BCUT2D eigenvalue weighted by Crippen LogP contribution is -2.43. The SMILES string of the molecule is CCOC(=O)C1CCCN(CC2=c3ccccc3=C2)C1. The van der Waals surface area contributed by atoms with E-state index in [-0.39, 0.29) is 11.9 Å². The van der Waals surface area contributed by atoms with Crippen molar-refractivity contribution in [1.82, 2.24) is 4.90 Å². The van der Waals surface area contributed by atoms with E-state index >= 15 is 0 Å². The van der Waals surface area contributed by atoms with Gasteiger partial charge < -0.3 is 4.74 Å². The Balaban J connectivity index is 1.64. The normalized spacial score (nSPS) is 21.6. The molecule has 3 rings (SSSR count). The molecule has 2 aliphatic rings. The number of carbonyl (C=O) groups excluding carboxylic acids is 1. The van der Waals surface area contributed by atoms with E-state index in [9.17, 15) is 4.79 Å². The van der Waals surface area contributed by atoms with Crippen molar-refractivity contribution in [3.05, 3.63) is 34.7 Å². The third kappa shape index (κ3) is 2.63. The molecule has 1 aliphatic heterocycles. The second-order valence-corrected chi connectivity index (χ2v) is 5.58. The van der Waals surface area contributed by atoms with Gasteiger partial charge in [0, 0.05) is 13.1 Å². The number of rotatable bonds is 4. The Hall–Kier alpha value is -1.61. The molecule has 1 aromatic rings. The first-order valence-corrected chi connectivity index (χ1v) is 7.47. The lowest BCUT2D eigenvalue weighted by molar-refractivity contribution is -0.149.